The smallest absolute Gasteiger partial charge is 0.229 e. The molecule has 202 valence electrons. The zero-order chi connectivity index (χ0) is 26.3. The predicted octanol–water partition coefficient (Wildman–Crippen LogP) is 3.57. The fourth-order valence-electron chi connectivity index (χ4n) is 5.92. The first kappa shape index (κ1) is 24.9. The van der Waals surface area contributed by atoms with E-state index in [4.69, 9.17) is 9.47 Å². The van der Waals surface area contributed by atoms with Gasteiger partial charge in [-0.05, 0) is 74.7 Å². The highest BCUT2D eigenvalue weighted by Gasteiger charge is 2.43. The molecular formula is C26H34FN9O2. The van der Waals surface area contributed by atoms with Gasteiger partial charge in [-0.2, -0.15) is 9.67 Å². The minimum atomic E-state index is -0.464. The average molecular weight is 524 g/mol. The second-order valence-corrected chi connectivity index (χ2v) is 11.6. The highest BCUT2D eigenvalue weighted by molar-refractivity contribution is 5.62. The number of rotatable bonds is 8. The number of nitrogens with one attached hydrogen (secondary N) is 2. The third kappa shape index (κ3) is 5.02. The second-order valence-electron chi connectivity index (χ2n) is 11.6. The first-order chi connectivity index (χ1) is 18.3. The van der Waals surface area contributed by atoms with E-state index in [1.807, 2.05) is 18.2 Å². The van der Waals surface area contributed by atoms with Gasteiger partial charge in [0.05, 0.1) is 26.0 Å². The molecule has 0 spiro atoms. The van der Waals surface area contributed by atoms with Crippen LogP contribution < -0.4 is 15.4 Å². The molecule has 6 rings (SSSR count). The van der Waals surface area contributed by atoms with Gasteiger partial charge in [-0.25, -0.2) is 9.37 Å². The SMILES string of the molecule is CC1(COc2ccc(Nc3ncc(F)c(N[C@@H]4C[C@@H]5CCCN5C(C)(C)C4)n3)cc2-n2cnnn2)COC1. The van der Waals surface area contributed by atoms with Crippen LogP contribution in [0.25, 0.3) is 5.69 Å². The lowest BCUT2D eigenvalue weighted by Crippen LogP contribution is -2.55. The zero-order valence-electron chi connectivity index (χ0n) is 22.0. The number of aromatic nitrogens is 6. The number of ether oxygens (including phenoxy) is 2. The zero-order valence-corrected chi connectivity index (χ0v) is 22.0. The van der Waals surface area contributed by atoms with Crippen LogP contribution in [0, 0.1) is 11.2 Å². The molecule has 0 bridgehead atoms. The number of hydrogen-bond donors (Lipinski definition) is 2. The first-order valence-corrected chi connectivity index (χ1v) is 13.2. The van der Waals surface area contributed by atoms with E-state index >= 15 is 0 Å². The summed E-state index contributed by atoms with van der Waals surface area (Å²) < 4.78 is 27.8. The highest BCUT2D eigenvalue weighted by Crippen LogP contribution is 2.39. The Labute approximate surface area is 221 Å². The maximum absolute atomic E-state index is 14.8. The quantitative estimate of drug-likeness (QED) is 0.454. The summed E-state index contributed by atoms with van der Waals surface area (Å²) in [5.41, 5.74) is 1.42. The average Bonchev–Trinajstić information content (AvgIpc) is 3.57. The molecule has 12 heteroatoms. The van der Waals surface area contributed by atoms with Crippen molar-refractivity contribution in [2.75, 3.05) is 37.0 Å². The number of anilines is 3. The molecule has 0 saturated carbocycles. The Morgan fingerprint density at radius 1 is 1.24 bits per heavy atom. The number of fused-ring (bicyclic) bond motifs is 1. The van der Waals surface area contributed by atoms with Crippen molar-refractivity contribution in [2.24, 2.45) is 5.41 Å². The summed E-state index contributed by atoms with van der Waals surface area (Å²) in [6.45, 7) is 9.67. The second kappa shape index (κ2) is 9.73. The van der Waals surface area contributed by atoms with Gasteiger partial charge in [0, 0.05) is 28.7 Å². The van der Waals surface area contributed by atoms with Crippen LogP contribution in [0.2, 0.25) is 0 Å². The Morgan fingerprint density at radius 3 is 2.87 bits per heavy atom. The van der Waals surface area contributed by atoms with Gasteiger partial charge in [-0.15, -0.1) is 5.10 Å². The van der Waals surface area contributed by atoms with E-state index in [1.165, 1.54) is 30.0 Å². The third-order valence-corrected chi connectivity index (χ3v) is 7.83. The van der Waals surface area contributed by atoms with E-state index in [9.17, 15) is 4.39 Å². The van der Waals surface area contributed by atoms with Crippen LogP contribution in [0.15, 0.2) is 30.7 Å². The van der Waals surface area contributed by atoms with Crippen molar-refractivity contribution in [2.45, 2.75) is 64.1 Å². The Hall–Kier alpha value is -3.38. The number of halogens is 1. The molecule has 2 N–H and O–H groups in total. The van der Waals surface area contributed by atoms with E-state index in [0.717, 1.165) is 19.4 Å². The fourth-order valence-corrected chi connectivity index (χ4v) is 5.92. The van der Waals surface area contributed by atoms with E-state index in [-0.39, 0.29) is 22.8 Å². The summed E-state index contributed by atoms with van der Waals surface area (Å²) in [7, 11) is 0. The van der Waals surface area contributed by atoms with Gasteiger partial charge < -0.3 is 20.1 Å². The van der Waals surface area contributed by atoms with E-state index in [0.29, 0.717) is 48.9 Å². The van der Waals surface area contributed by atoms with Crippen LogP contribution in [-0.4, -0.2) is 79.1 Å². The first-order valence-electron chi connectivity index (χ1n) is 13.2. The topological polar surface area (TPSA) is 115 Å². The standard InChI is InChI=1S/C26H34FN9O2/c1-25(2)11-18(9-19-5-4-8-35(19)25)30-23-20(27)12-28-24(32-23)31-17-6-7-22(38-15-26(3)13-37-14-26)21(10-17)36-16-29-33-34-36/h6-7,10,12,16,18-19H,4-5,8-9,11,13-15H2,1-3H3,(H2,28,30,31,32)/t18-,19+/m1/s1. The van der Waals surface area contributed by atoms with Gasteiger partial charge in [0.2, 0.25) is 5.95 Å². The molecule has 0 unspecified atom stereocenters. The van der Waals surface area contributed by atoms with Crippen molar-refractivity contribution in [1.29, 1.82) is 0 Å². The Bertz CT molecular complexity index is 1280. The van der Waals surface area contributed by atoms with Crippen molar-refractivity contribution in [1.82, 2.24) is 35.1 Å². The summed E-state index contributed by atoms with van der Waals surface area (Å²) in [6.07, 6.45) is 7.04. The number of nitrogens with zero attached hydrogens (tertiary/aromatic N) is 7. The Balaban J connectivity index is 1.19. The molecule has 3 aliphatic rings. The van der Waals surface area contributed by atoms with E-state index in [2.05, 4.69) is 61.8 Å². The summed E-state index contributed by atoms with van der Waals surface area (Å²) in [5, 5.41) is 18.1. The minimum absolute atomic E-state index is 0.0102. The van der Waals surface area contributed by atoms with Crippen LogP contribution in [-0.2, 0) is 4.74 Å². The Kier molecular flexibility index (Phi) is 6.39. The van der Waals surface area contributed by atoms with Gasteiger partial charge >= 0.3 is 0 Å². The Morgan fingerprint density at radius 2 is 2.11 bits per heavy atom. The molecule has 38 heavy (non-hydrogen) atoms. The summed E-state index contributed by atoms with van der Waals surface area (Å²) in [6, 6.07) is 6.24. The minimum Gasteiger partial charge on any atom is -0.491 e. The molecule has 2 atom stereocenters. The summed E-state index contributed by atoms with van der Waals surface area (Å²) in [4.78, 5) is 11.3. The molecule has 3 fully saturated rings. The van der Waals surface area contributed by atoms with Gasteiger partial charge in [0.1, 0.15) is 17.8 Å². The lowest BCUT2D eigenvalue weighted by molar-refractivity contribution is -0.120. The molecule has 3 saturated heterocycles. The largest absolute Gasteiger partial charge is 0.491 e. The van der Waals surface area contributed by atoms with Crippen molar-refractivity contribution >= 4 is 17.5 Å². The molecule has 3 aromatic rings. The van der Waals surface area contributed by atoms with Crippen LogP contribution in [0.1, 0.15) is 46.5 Å². The molecule has 1 aromatic carbocycles. The van der Waals surface area contributed by atoms with Crippen molar-refractivity contribution in [3.8, 4) is 11.4 Å². The molecular weight excluding hydrogens is 489 g/mol. The number of piperidine rings is 1. The van der Waals surface area contributed by atoms with Gasteiger partial charge in [-0.3, -0.25) is 4.90 Å². The molecule has 5 heterocycles. The van der Waals surface area contributed by atoms with Crippen molar-refractivity contribution in [3.63, 3.8) is 0 Å². The fraction of sp³-hybridized carbons (Fsp3) is 0.577. The number of hydrogen-bond acceptors (Lipinski definition) is 10. The van der Waals surface area contributed by atoms with Crippen LogP contribution in [0.4, 0.5) is 21.8 Å². The highest BCUT2D eigenvalue weighted by atomic mass is 19.1. The molecule has 0 amide bonds. The van der Waals surface area contributed by atoms with Crippen molar-refractivity contribution < 1.29 is 13.9 Å². The van der Waals surface area contributed by atoms with E-state index in [1.54, 1.807) is 0 Å². The van der Waals surface area contributed by atoms with Crippen molar-refractivity contribution in [3.05, 3.63) is 36.5 Å². The monoisotopic (exact) mass is 523 g/mol. The third-order valence-electron chi connectivity index (χ3n) is 7.83. The van der Waals surface area contributed by atoms with Crippen LogP contribution in [0.5, 0.6) is 5.75 Å². The van der Waals surface area contributed by atoms with Gasteiger partial charge in [0.15, 0.2) is 11.6 Å². The van der Waals surface area contributed by atoms with Gasteiger partial charge in [-0.1, -0.05) is 6.92 Å². The molecule has 2 aromatic heterocycles. The van der Waals surface area contributed by atoms with Crippen LogP contribution >= 0.6 is 0 Å². The van der Waals surface area contributed by atoms with Gasteiger partial charge in [0.25, 0.3) is 0 Å². The normalized spacial score (nSPS) is 23.9. The number of benzene rings is 1. The molecule has 11 nitrogen and oxygen atoms in total. The number of tetrazole rings is 1. The predicted molar refractivity (Wildman–Crippen MR) is 139 cm³/mol. The lowest BCUT2D eigenvalue weighted by Gasteiger charge is -2.47. The summed E-state index contributed by atoms with van der Waals surface area (Å²) in [5.74, 6) is 0.682. The van der Waals surface area contributed by atoms with E-state index < -0.39 is 5.82 Å². The maximum atomic E-state index is 14.8. The lowest BCUT2D eigenvalue weighted by atomic mass is 9.84. The molecule has 0 radical (unpaired) electrons. The molecule has 0 aliphatic carbocycles. The molecule has 3 aliphatic heterocycles. The summed E-state index contributed by atoms with van der Waals surface area (Å²) >= 11 is 0. The van der Waals surface area contributed by atoms with Crippen LogP contribution in [0.3, 0.4) is 0 Å². The maximum Gasteiger partial charge on any atom is 0.229 e.